The van der Waals surface area contributed by atoms with Crippen molar-refractivity contribution in [3.05, 3.63) is 52.8 Å². The van der Waals surface area contributed by atoms with Crippen molar-refractivity contribution >= 4 is 17.6 Å². The maximum atomic E-state index is 6.15. The van der Waals surface area contributed by atoms with E-state index in [9.17, 15) is 0 Å². The number of hydrogen-bond donors (Lipinski definition) is 2. The van der Waals surface area contributed by atoms with Gasteiger partial charge >= 0.3 is 0 Å². The zero-order valence-corrected chi connectivity index (χ0v) is 15.7. The van der Waals surface area contributed by atoms with Crippen LogP contribution in [-0.2, 0) is 18.9 Å². The van der Waals surface area contributed by atoms with Gasteiger partial charge in [0.05, 0.1) is 12.7 Å². The van der Waals surface area contributed by atoms with Crippen LogP contribution in [0, 0.1) is 0 Å². The minimum Gasteiger partial charge on any atom is -0.357 e. The zero-order valence-electron chi connectivity index (χ0n) is 14.9. The molecule has 1 heterocycles. The molecule has 1 saturated carbocycles. The average molecular weight is 360 g/mol. The van der Waals surface area contributed by atoms with Gasteiger partial charge in [-0.2, -0.15) is 5.10 Å². The van der Waals surface area contributed by atoms with Crippen LogP contribution in [0.3, 0.4) is 0 Å². The van der Waals surface area contributed by atoms with Crippen molar-refractivity contribution in [2.75, 3.05) is 19.6 Å². The van der Waals surface area contributed by atoms with Crippen LogP contribution >= 0.6 is 11.6 Å². The maximum Gasteiger partial charge on any atom is 0.191 e. The third-order valence-corrected chi connectivity index (χ3v) is 4.87. The Hall–Kier alpha value is -2.01. The number of nitrogens with one attached hydrogen (secondary N) is 2. The van der Waals surface area contributed by atoms with E-state index in [2.05, 4.69) is 34.8 Å². The minimum atomic E-state index is 0.163. The summed E-state index contributed by atoms with van der Waals surface area (Å²) >= 11 is 6.15. The Labute approximate surface area is 154 Å². The summed E-state index contributed by atoms with van der Waals surface area (Å²) in [6.45, 7) is 4.56. The van der Waals surface area contributed by atoms with Crippen molar-refractivity contribution in [3.8, 4) is 0 Å². The van der Waals surface area contributed by atoms with Crippen LogP contribution in [0.25, 0.3) is 0 Å². The number of aromatic nitrogens is 2. The van der Waals surface area contributed by atoms with Crippen molar-refractivity contribution in [2.45, 2.75) is 31.6 Å². The molecule has 0 spiro atoms. The minimum absolute atomic E-state index is 0.163. The first-order valence-electron chi connectivity index (χ1n) is 8.87. The molecule has 0 atom stereocenters. The standard InChI is InChI=1S/C19H26ClN5/c1-3-21-18(22-10-7-15-12-24-25(2)13-15)23-14-19(8-9-19)16-5-4-6-17(20)11-16/h4-6,11-13H,3,7-10,14H2,1-2H3,(H2,21,22,23). The molecule has 2 aromatic rings. The molecule has 1 aliphatic rings. The fourth-order valence-electron chi connectivity index (χ4n) is 3.01. The molecule has 0 amide bonds. The predicted octanol–water partition coefficient (Wildman–Crippen LogP) is 2.90. The second kappa shape index (κ2) is 7.91. The van der Waals surface area contributed by atoms with Gasteiger partial charge in [0.1, 0.15) is 0 Å². The highest BCUT2D eigenvalue weighted by Crippen LogP contribution is 2.48. The summed E-state index contributed by atoms with van der Waals surface area (Å²) in [5.74, 6) is 0.875. The molecule has 1 fully saturated rings. The molecule has 6 heteroatoms. The van der Waals surface area contributed by atoms with Crippen molar-refractivity contribution in [2.24, 2.45) is 12.0 Å². The van der Waals surface area contributed by atoms with Crippen LogP contribution in [0.4, 0.5) is 0 Å². The lowest BCUT2D eigenvalue weighted by Crippen LogP contribution is -2.39. The van der Waals surface area contributed by atoms with E-state index in [-0.39, 0.29) is 5.41 Å². The second-order valence-corrected chi connectivity index (χ2v) is 7.12. The number of hydrogen-bond acceptors (Lipinski definition) is 2. The fourth-order valence-corrected chi connectivity index (χ4v) is 3.20. The fraction of sp³-hybridized carbons (Fsp3) is 0.474. The number of guanidine groups is 1. The number of aliphatic imine (C=N–C) groups is 1. The lowest BCUT2D eigenvalue weighted by atomic mass is 9.96. The molecule has 134 valence electrons. The van der Waals surface area contributed by atoms with Gasteiger partial charge in [-0.3, -0.25) is 9.67 Å². The molecule has 25 heavy (non-hydrogen) atoms. The molecule has 1 aromatic carbocycles. The molecule has 0 aliphatic heterocycles. The molecule has 0 bridgehead atoms. The first kappa shape index (κ1) is 17.8. The zero-order chi connectivity index (χ0) is 17.7. The van der Waals surface area contributed by atoms with Crippen LogP contribution in [0.15, 0.2) is 41.7 Å². The summed E-state index contributed by atoms with van der Waals surface area (Å²) in [7, 11) is 1.94. The SMILES string of the molecule is CCNC(=NCC1(c2cccc(Cl)c2)CC1)NCCc1cnn(C)c1. The van der Waals surface area contributed by atoms with Gasteiger partial charge in [-0.1, -0.05) is 23.7 Å². The van der Waals surface area contributed by atoms with Gasteiger partial charge in [0.25, 0.3) is 0 Å². The van der Waals surface area contributed by atoms with E-state index in [1.807, 2.05) is 36.3 Å². The Morgan fingerprint density at radius 1 is 1.36 bits per heavy atom. The Morgan fingerprint density at radius 3 is 2.84 bits per heavy atom. The number of benzene rings is 1. The first-order valence-corrected chi connectivity index (χ1v) is 9.25. The molecule has 1 aliphatic carbocycles. The predicted molar refractivity (Wildman–Crippen MR) is 103 cm³/mol. The highest BCUT2D eigenvalue weighted by molar-refractivity contribution is 6.30. The van der Waals surface area contributed by atoms with Crippen molar-refractivity contribution in [1.29, 1.82) is 0 Å². The summed E-state index contributed by atoms with van der Waals surface area (Å²) in [5, 5.41) is 11.7. The molecule has 0 unspecified atom stereocenters. The third-order valence-electron chi connectivity index (χ3n) is 4.64. The Morgan fingerprint density at radius 2 is 2.20 bits per heavy atom. The van der Waals surface area contributed by atoms with Gasteiger partial charge in [0, 0.05) is 36.8 Å². The van der Waals surface area contributed by atoms with Crippen LogP contribution in [-0.4, -0.2) is 35.4 Å². The average Bonchev–Trinajstić information content (AvgIpc) is 3.28. The second-order valence-electron chi connectivity index (χ2n) is 6.68. The number of aryl methyl sites for hydroxylation is 1. The Balaban J connectivity index is 1.58. The van der Waals surface area contributed by atoms with Crippen LogP contribution in [0.5, 0.6) is 0 Å². The van der Waals surface area contributed by atoms with E-state index < -0.39 is 0 Å². The Kier molecular flexibility index (Phi) is 5.63. The summed E-state index contributed by atoms with van der Waals surface area (Å²) < 4.78 is 1.83. The lowest BCUT2D eigenvalue weighted by Gasteiger charge is -2.16. The topological polar surface area (TPSA) is 54.2 Å². The highest BCUT2D eigenvalue weighted by atomic mass is 35.5. The molecular weight excluding hydrogens is 334 g/mol. The smallest absolute Gasteiger partial charge is 0.191 e. The van der Waals surface area contributed by atoms with E-state index in [0.717, 1.165) is 37.0 Å². The quantitative estimate of drug-likeness (QED) is 0.590. The van der Waals surface area contributed by atoms with Gasteiger partial charge in [0.2, 0.25) is 0 Å². The molecule has 3 rings (SSSR count). The van der Waals surface area contributed by atoms with Gasteiger partial charge in [-0.15, -0.1) is 0 Å². The monoisotopic (exact) mass is 359 g/mol. The molecule has 1 aromatic heterocycles. The number of nitrogens with zero attached hydrogens (tertiary/aromatic N) is 3. The van der Waals surface area contributed by atoms with E-state index in [0.29, 0.717) is 0 Å². The molecular formula is C19H26ClN5. The van der Waals surface area contributed by atoms with Crippen LogP contribution < -0.4 is 10.6 Å². The number of rotatable bonds is 7. The summed E-state index contributed by atoms with van der Waals surface area (Å²) in [6, 6.07) is 8.19. The molecule has 0 radical (unpaired) electrons. The van der Waals surface area contributed by atoms with Crippen molar-refractivity contribution < 1.29 is 0 Å². The lowest BCUT2D eigenvalue weighted by molar-refractivity contribution is 0.692. The van der Waals surface area contributed by atoms with Gasteiger partial charge < -0.3 is 10.6 Å². The van der Waals surface area contributed by atoms with Gasteiger partial charge in [-0.25, -0.2) is 0 Å². The molecule has 5 nitrogen and oxygen atoms in total. The highest BCUT2D eigenvalue weighted by Gasteiger charge is 2.44. The van der Waals surface area contributed by atoms with Crippen molar-refractivity contribution in [1.82, 2.24) is 20.4 Å². The van der Waals surface area contributed by atoms with E-state index in [1.165, 1.54) is 24.0 Å². The number of halogens is 1. The maximum absolute atomic E-state index is 6.15. The summed E-state index contributed by atoms with van der Waals surface area (Å²) in [6.07, 6.45) is 7.23. The molecule has 2 N–H and O–H groups in total. The van der Waals surface area contributed by atoms with Gasteiger partial charge in [-0.05, 0) is 49.4 Å². The van der Waals surface area contributed by atoms with Crippen LogP contribution in [0.2, 0.25) is 5.02 Å². The van der Waals surface area contributed by atoms with Crippen LogP contribution in [0.1, 0.15) is 30.9 Å². The Bertz CT molecular complexity index is 733. The molecule has 0 saturated heterocycles. The normalized spacial score (nSPS) is 15.9. The van der Waals surface area contributed by atoms with E-state index in [1.54, 1.807) is 0 Å². The first-order chi connectivity index (χ1) is 12.1. The summed E-state index contributed by atoms with van der Waals surface area (Å²) in [4.78, 5) is 4.82. The van der Waals surface area contributed by atoms with E-state index >= 15 is 0 Å². The summed E-state index contributed by atoms with van der Waals surface area (Å²) in [5.41, 5.74) is 2.69. The third kappa shape index (κ3) is 4.75. The van der Waals surface area contributed by atoms with E-state index in [4.69, 9.17) is 16.6 Å². The van der Waals surface area contributed by atoms with Gasteiger partial charge in [0.15, 0.2) is 5.96 Å². The largest absolute Gasteiger partial charge is 0.357 e. The van der Waals surface area contributed by atoms with Crippen molar-refractivity contribution in [3.63, 3.8) is 0 Å².